The number of carbonyl (C=O) groups is 2. The standard InChI is InChI=1S/C27H26FNO4/c1-32-24-13-11-20(16-25(24)33-2)27(31)29-14-6-9-21(17-29)26(30)19-10-12-22(23(28)15-19)18-7-4-3-5-8-18/h3-5,7-8,10-13,15-16,21H,6,9,14,17H2,1-2H3. The number of hydrogen-bond donors (Lipinski definition) is 0. The van der Waals surface area contributed by atoms with Crippen molar-refractivity contribution in [2.24, 2.45) is 5.92 Å². The van der Waals surface area contributed by atoms with E-state index < -0.39 is 5.82 Å². The van der Waals surface area contributed by atoms with Crippen LogP contribution in [0.25, 0.3) is 11.1 Å². The molecular weight excluding hydrogens is 421 g/mol. The Morgan fingerprint density at radius 1 is 0.909 bits per heavy atom. The van der Waals surface area contributed by atoms with Crippen molar-refractivity contribution < 1.29 is 23.5 Å². The van der Waals surface area contributed by atoms with E-state index in [0.717, 1.165) is 5.56 Å². The first-order valence-electron chi connectivity index (χ1n) is 10.9. The van der Waals surface area contributed by atoms with E-state index in [4.69, 9.17) is 9.47 Å². The number of Topliss-reactive ketones (excluding diaryl/α,β-unsaturated/α-hetero) is 1. The van der Waals surface area contributed by atoms with E-state index in [2.05, 4.69) is 0 Å². The number of likely N-dealkylation sites (tertiary alicyclic amines) is 1. The number of ether oxygens (including phenoxy) is 2. The average Bonchev–Trinajstić information content (AvgIpc) is 2.87. The number of rotatable bonds is 6. The van der Waals surface area contributed by atoms with Crippen molar-refractivity contribution in [3.63, 3.8) is 0 Å². The van der Waals surface area contributed by atoms with E-state index in [9.17, 15) is 14.0 Å². The van der Waals surface area contributed by atoms with Crippen LogP contribution < -0.4 is 9.47 Å². The van der Waals surface area contributed by atoms with Gasteiger partial charge in [-0.15, -0.1) is 0 Å². The van der Waals surface area contributed by atoms with Gasteiger partial charge in [0.1, 0.15) is 5.82 Å². The van der Waals surface area contributed by atoms with Crippen LogP contribution in [0.2, 0.25) is 0 Å². The summed E-state index contributed by atoms with van der Waals surface area (Å²) in [6, 6.07) is 18.9. The van der Waals surface area contributed by atoms with Crippen molar-refractivity contribution in [2.45, 2.75) is 12.8 Å². The third kappa shape index (κ3) is 4.75. The lowest BCUT2D eigenvalue weighted by Gasteiger charge is -2.32. The molecule has 0 aliphatic carbocycles. The van der Waals surface area contributed by atoms with E-state index in [1.807, 2.05) is 30.3 Å². The Hall–Kier alpha value is -3.67. The second-order valence-corrected chi connectivity index (χ2v) is 8.08. The lowest BCUT2D eigenvalue weighted by Crippen LogP contribution is -2.42. The van der Waals surface area contributed by atoms with Gasteiger partial charge in [0.15, 0.2) is 17.3 Å². The minimum Gasteiger partial charge on any atom is -0.493 e. The van der Waals surface area contributed by atoms with E-state index in [0.29, 0.717) is 54.1 Å². The average molecular weight is 448 g/mol. The van der Waals surface area contributed by atoms with Gasteiger partial charge in [0, 0.05) is 35.7 Å². The number of carbonyl (C=O) groups excluding carboxylic acids is 2. The van der Waals surface area contributed by atoms with Crippen LogP contribution in [0, 0.1) is 11.7 Å². The van der Waals surface area contributed by atoms with E-state index >= 15 is 0 Å². The van der Waals surface area contributed by atoms with Crippen LogP contribution in [0.5, 0.6) is 11.5 Å². The van der Waals surface area contributed by atoms with Crippen molar-refractivity contribution >= 4 is 11.7 Å². The van der Waals surface area contributed by atoms with Crippen LogP contribution in [0.1, 0.15) is 33.6 Å². The van der Waals surface area contributed by atoms with E-state index in [1.54, 1.807) is 35.2 Å². The van der Waals surface area contributed by atoms with Gasteiger partial charge in [-0.1, -0.05) is 42.5 Å². The number of benzene rings is 3. The maximum Gasteiger partial charge on any atom is 0.254 e. The van der Waals surface area contributed by atoms with Crippen LogP contribution in [0.4, 0.5) is 4.39 Å². The predicted molar refractivity (Wildman–Crippen MR) is 124 cm³/mol. The Morgan fingerprint density at radius 3 is 2.33 bits per heavy atom. The molecule has 33 heavy (non-hydrogen) atoms. The fourth-order valence-corrected chi connectivity index (χ4v) is 4.28. The SMILES string of the molecule is COc1ccc(C(=O)N2CCCC(C(=O)c3ccc(-c4ccccc4)c(F)c3)C2)cc1OC. The van der Waals surface area contributed by atoms with E-state index in [-0.39, 0.29) is 17.6 Å². The molecule has 1 heterocycles. The minimum absolute atomic E-state index is 0.140. The Morgan fingerprint density at radius 2 is 1.64 bits per heavy atom. The second kappa shape index (κ2) is 9.86. The van der Waals surface area contributed by atoms with Crippen molar-refractivity contribution in [1.82, 2.24) is 4.90 Å². The molecule has 0 aromatic heterocycles. The lowest BCUT2D eigenvalue weighted by molar-refractivity contribution is 0.0636. The molecule has 1 amide bonds. The Bertz CT molecular complexity index is 1160. The summed E-state index contributed by atoms with van der Waals surface area (Å²) < 4.78 is 25.3. The van der Waals surface area contributed by atoms with Crippen LogP contribution in [-0.2, 0) is 0 Å². The molecule has 0 bridgehead atoms. The molecule has 170 valence electrons. The summed E-state index contributed by atoms with van der Waals surface area (Å²) >= 11 is 0. The molecule has 1 aliphatic heterocycles. The van der Waals surface area contributed by atoms with Gasteiger partial charge in [-0.3, -0.25) is 9.59 Å². The monoisotopic (exact) mass is 447 g/mol. The van der Waals surface area contributed by atoms with Crippen LogP contribution in [-0.4, -0.2) is 43.9 Å². The fraction of sp³-hybridized carbons (Fsp3) is 0.259. The van der Waals surface area contributed by atoms with Crippen molar-refractivity contribution in [3.05, 3.63) is 83.7 Å². The number of hydrogen-bond acceptors (Lipinski definition) is 4. The summed E-state index contributed by atoms with van der Waals surface area (Å²) in [4.78, 5) is 27.9. The molecule has 3 aromatic carbocycles. The molecular formula is C27H26FNO4. The molecule has 1 aliphatic rings. The highest BCUT2D eigenvalue weighted by atomic mass is 19.1. The normalized spacial score (nSPS) is 15.7. The Labute approximate surface area is 192 Å². The minimum atomic E-state index is -0.430. The quantitative estimate of drug-likeness (QED) is 0.485. The molecule has 0 spiro atoms. The summed E-state index contributed by atoms with van der Waals surface area (Å²) in [6.07, 6.45) is 1.37. The molecule has 3 aromatic rings. The third-order valence-electron chi connectivity index (χ3n) is 6.05. The molecule has 1 atom stereocenters. The summed E-state index contributed by atoms with van der Waals surface area (Å²) in [6.45, 7) is 0.867. The summed E-state index contributed by atoms with van der Waals surface area (Å²) in [5, 5.41) is 0. The summed E-state index contributed by atoms with van der Waals surface area (Å²) in [5.41, 5.74) is 2.02. The lowest BCUT2D eigenvalue weighted by atomic mass is 9.89. The van der Waals surface area contributed by atoms with Gasteiger partial charge in [0.25, 0.3) is 5.91 Å². The number of ketones is 1. The van der Waals surface area contributed by atoms with Gasteiger partial charge in [-0.25, -0.2) is 4.39 Å². The summed E-state index contributed by atoms with van der Waals surface area (Å²) in [5.74, 6) is -0.0907. The number of methoxy groups -OCH3 is 2. The highest BCUT2D eigenvalue weighted by Crippen LogP contribution is 2.30. The van der Waals surface area contributed by atoms with Gasteiger partial charge in [-0.05, 0) is 42.7 Å². The van der Waals surface area contributed by atoms with Gasteiger partial charge in [0.05, 0.1) is 14.2 Å². The first-order chi connectivity index (χ1) is 16.0. The topological polar surface area (TPSA) is 55.8 Å². The van der Waals surface area contributed by atoms with Crippen LogP contribution in [0.15, 0.2) is 66.7 Å². The van der Waals surface area contributed by atoms with Crippen LogP contribution in [0.3, 0.4) is 0 Å². The number of amides is 1. The first-order valence-corrected chi connectivity index (χ1v) is 10.9. The fourth-order valence-electron chi connectivity index (χ4n) is 4.28. The third-order valence-corrected chi connectivity index (χ3v) is 6.05. The Kier molecular flexibility index (Phi) is 6.73. The predicted octanol–water partition coefficient (Wildman–Crippen LogP) is 5.25. The molecule has 5 nitrogen and oxygen atoms in total. The van der Waals surface area contributed by atoms with Gasteiger partial charge >= 0.3 is 0 Å². The molecule has 1 unspecified atom stereocenters. The van der Waals surface area contributed by atoms with Crippen molar-refractivity contribution in [1.29, 1.82) is 0 Å². The molecule has 4 rings (SSSR count). The smallest absolute Gasteiger partial charge is 0.254 e. The molecule has 1 saturated heterocycles. The van der Waals surface area contributed by atoms with Gasteiger partial charge < -0.3 is 14.4 Å². The largest absolute Gasteiger partial charge is 0.493 e. The van der Waals surface area contributed by atoms with Crippen LogP contribution >= 0.6 is 0 Å². The second-order valence-electron chi connectivity index (χ2n) is 8.08. The maximum atomic E-state index is 14.8. The molecule has 0 N–H and O–H groups in total. The number of piperidine rings is 1. The molecule has 1 fully saturated rings. The molecule has 0 saturated carbocycles. The van der Waals surface area contributed by atoms with Crippen molar-refractivity contribution in [2.75, 3.05) is 27.3 Å². The number of halogens is 1. The highest BCUT2D eigenvalue weighted by molar-refractivity contribution is 6.00. The molecule has 6 heteroatoms. The summed E-state index contributed by atoms with van der Waals surface area (Å²) in [7, 11) is 3.05. The maximum absolute atomic E-state index is 14.8. The first kappa shape index (κ1) is 22.5. The Balaban J connectivity index is 1.50. The van der Waals surface area contributed by atoms with Gasteiger partial charge in [-0.2, -0.15) is 0 Å². The van der Waals surface area contributed by atoms with Gasteiger partial charge in [0.2, 0.25) is 0 Å². The highest BCUT2D eigenvalue weighted by Gasteiger charge is 2.30. The zero-order valence-corrected chi connectivity index (χ0v) is 18.7. The zero-order valence-electron chi connectivity index (χ0n) is 18.7. The molecule has 0 radical (unpaired) electrons. The zero-order chi connectivity index (χ0) is 23.4. The van der Waals surface area contributed by atoms with E-state index in [1.165, 1.54) is 20.3 Å². The number of nitrogens with zero attached hydrogens (tertiary/aromatic N) is 1. The van der Waals surface area contributed by atoms with Crippen molar-refractivity contribution in [3.8, 4) is 22.6 Å².